The minimum atomic E-state index is -2.84. The van der Waals surface area contributed by atoms with E-state index in [1.54, 1.807) is 24.3 Å². The molecule has 4 nitrogen and oxygen atoms in total. The quantitative estimate of drug-likeness (QED) is 0.825. The number of hydrogen-bond donors (Lipinski definition) is 1. The molecule has 0 heterocycles. The van der Waals surface area contributed by atoms with E-state index in [2.05, 4.69) is 10.1 Å². The zero-order valence-corrected chi connectivity index (χ0v) is 12.8. The van der Waals surface area contributed by atoms with Gasteiger partial charge in [0.15, 0.2) is 0 Å². The predicted molar refractivity (Wildman–Crippen MR) is 86.7 cm³/mol. The van der Waals surface area contributed by atoms with Crippen molar-refractivity contribution < 1.29 is 23.0 Å². The minimum Gasteiger partial charge on any atom is -0.445 e. The maximum Gasteiger partial charge on any atom is 0.407 e. The predicted octanol–water partition coefficient (Wildman–Crippen LogP) is 4.23. The number of halogens is 2. The molecule has 0 saturated heterocycles. The lowest BCUT2D eigenvalue weighted by atomic mass is 10.2. The summed E-state index contributed by atoms with van der Waals surface area (Å²) in [6.45, 7) is -2.33. The van der Waals surface area contributed by atoms with Gasteiger partial charge in [-0.1, -0.05) is 54.6 Å². The molecule has 0 saturated carbocycles. The van der Waals surface area contributed by atoms with Crippen LogP contribution in [0.4, 0.5) is 13.6 Å². The van der Waals surface area contributed by atoms with Crippen LogP contribution in [0, 0.1) is 0 Å². The second-order valence-electron chi connectivity index (χ2n) is 4.79. The van der Waals surface area contributed by atoms with Crippen LogP contribution >= 0.6 is 0 Å². The highest BCUT2D eigenvalue weighted by molar-refractivity contribution is 5.67. The molecule has 0 aliphatic rings. The molecule has 0 unspecified atom stereocenters. The lowest BCUT2D eigenvalue weighted by molar-refractivity contribution is -0.0498. The van der Waals surface area contributed by atoms with Gasteiger partial charge in [0.2, 0.25) is 0 Å². The van der Waals surface area contributed by atoms with Crippen LogP contribution < -0.4 is 10.1 Å². The van der Waals surface area contributed by atoms with Gasteiger partial charge in [0.1, 0.15) is 12.4 Å². The molecule has 0 atom stereocenters. The van der Waals surface area contributed by atoms with Gasteiger partial charge >= 0.3 is 12.7 Å². The van der Waals surface area contributed by atoms with E-state index >= 15 is 0 Å². The number of rotatable bonds is 7. The molecule has 2 aromatic carbocycles. The van der Waals surface area contributed by atoms with Gasteiger partial charge < -0.3 is 14.8 Å². The van der Waals surface area contributed by atoms with E-state index in [-0.39, 0.29) is 12.4 Å². The first-order valence-electron chi connectivity index (χ1n) is 7.29. The van der Waals surface area contributed by atoms with Crippen LogP contribution in [0.2, 0.25) is 0 Å². The Hall–Kier alpha value is -2.89. The molecular formula is C18H17F2NO3. The van der Waals surface area contributed by atoms with Crippen LogP contribution in [-0.4, -0.2) is 19.2 Å². The van der Waals surface area contributed by atoms with Gasteiger partial charge in [0.25, 0.3) is 0 Å². The summed E-state index contributed by atoms with van der Waals surface area (Å²) in [4.78, 5) is 11.5. The fourth-order valence-corrected chi connectivity index (χ4v) is 1.87. The zero-order chi connectivity index (χ0) is 17.2. The van der Waals surface area contributed by atoms with Crippen LogP contribution in [0.1, 0.15) is 11.1 Å². The van der Waals surface area contributed by atoms with Crippen LogP contribution in [0.3, 0.4) is 0 Å². The topological polar surface area (TPSA) is 47.6 Å². The third-order valence-corrected chi connectivity index (χ3v) is 2.99. The van der Waals surface area contributed by atoms with Crippen molar-refractivity contribution in [3.05, 3.63) is 71.8 Å². The van der Waals surface area contributed by atoms with Gasteiger partial charge in [-0.05, 0) is 23.3 Å². The molecule has 24 heavy (non-hydrogen) atoms. The molecule has 0 aromatic heterocycles. The SMILES string of the molecule is O=C(NCC=Cc1ccc(OC(F)F)cc1)OCc1ccccc1. The van der Waals surface area contributed by atoms with Crippen LogP contribution in [0.15, 0.2) is 60.7 Å². The fourth-order valence-electron chi connectivity index (χ4n) is 1.87. The number of benzene rings is 2. The third kappa shape index (κ3) is 6.48. The van der Waals surface area contributed by atoms with E-state index in [0.29, 0.717) is 6.54 Å². The molecule has 1 N–H and O–H groups in total. The molecule has 126 valence electrons. The first-order valence-corrected chi connectivity index (χ1v) is 7.29. The number of ether oxygens (including phenoxy) is 2. The Kier molecular flexibility index (Phi) is 6.76. The van der Waals surface area contributed by atoms with Crippen molar-refractivity contribution in [1.29, 1.82) is 0 Å². The monoisotopic (exact) mass is 333 g/mol. The summed E-state index contributed by atoms with van der Waals surface area (Å²) in [5.41, 5.74) is 1.71. The normalized spacial score (nSPS) is 10.8. The average molecular weight is 333 g/mol. The molecule has 0 aliphatic carbocycles. The summed E-state index contributed by atoms with van der Waals surface area (Å²) in [6, 6.07) is 15.6. The van der Waals surface area contributed by atoms with E-state index in [1.165, 1.54) is 12.1 Å². The van der Waals surface area contributed by atoms with Crippen molar-refractivity contribution in [1.82, 2.24) is 5.32 Å². The van der Waals surface area contributed by atoms with E-state index in [9.17, 15) is 13.6 Å². The molecule has 2 rings (SSSR count). The maximum absolute atomic E-state index is 12.0. The number of nitrogens with one attached hydrogen (secondary N) is 1. The Morgan fingerprint density at radius 3 is 2.46 bits per heavy atom. The number of carbonyl (C=O) groups excluding carboxylic acids is 1. The summed E-state index contributed by atoms with van der Waals surface area (Å²) >= 11 is 0. The Morgan fingerprint density at radius 2 is 1.79 bits per heavy atom. The van der Waals surface area contributed by atoms with E-state index < -0.39 is 12.7 Å². The van der Waals surface area contributed by atoms with Crippen molar-refractivity contribution >= 4 is 12.2 Å². The molecule has 0 aliphatic heterocycles. The highest BCUT2D eigenvalue weighted by atomic mass is 19.3. The van der Waals surface area contributed by atoms with Crippen LogP contribution in [-0.2, 0) is 11.3 Å². The first-order chi connectivity index (χ1) is 11.6. The molecule has 0 radical (unpaired) electrons. The Balaban J connectivity index is 1.69. The lowest BCUT2D eigenvalue weighted by Gasteiger charge is -2.05. The van der Waals surface area contributed by atoms with E-state index in [1.807, 2.05) is 30.3 Å². The summed E-state index contributed by atoms with van der Waals surface area (Å²) in [5, 5.41) is 2.59. The van der Waals surface area contributed by atoms with Gasteiger partial charge in [0.05, 0.1) is 0 Å². The highest BCUT2D eigenvalue weighted by Gasteiger charge is 2.03. The summed E-state index contributed by atoms with van der Waals surface area (Å²) in [5.74, 6) is 0.102. The highest BCUT2D eigenvalue weighted by Crippen LogP contribution is 2.15. The zero-order valence-electron chi connectivity index (χ0n) is 12.8. The molecule has 1 amide bonds. The number of carbonyl (C=O) groups is 1. The fraction of sp³-hybridized carbons (Fsp3) is 0.167. The summed E-state index contributed by atoms with van der Waals surface area (Å²) < 4.78 is 33.4. The number of alkyl carbamates (subject to hydrolysis) is 1. The Morgan fingerprint density at radius 1 is 1.08 bits per heavy atom. The second kappa shape index (κ2) is 9.29. The van der Waals surface area contributed by atoms with Gasteiger partial charge in [-0.2, -0.15) is 8.78 Å². The Labute approximate surface area is 138 Å². The van der Waals surface area contributed by atoms with Crippen LogP contribution in [0.5, 0.6) is 5.75 Å². The Bertz CT molecular complexity index is 658. The number of alkyl halides is 2. The van der Waals surface area contributed by atoms with Gasteiger partial charge in [-0.3, -0.25) is 0 Å². The van der Waals surface area contributed by atoms with Gasteiger partial charge in [-0.15, -0.1) is 0 Å². The second-order valence-corrected chi connectivity index (χ2v) is 4.79. The smallest absolute Gasteiger partial charge is 0.407 e. The van der Waals surface area contributed by atoms with Crippen molar-refractivity contribution in [2.45, 2.75) is 13.2 Å². The molecule has 2 aromatic rings. The first kappa shape index (κ1) is 17.5. The van der Waals surface area contributed by atoms with Gasteiger partial charge in [-0.25, -0.2) is 4.79 Å². The number of hydrogen-bond acceptors (Lipinski definition) is 3. The maximum atomic E-state index is 12.0. The molecule has 6 heteroatoms. The van der Waals surface area contributed by atoms with Gasteiger partial charge in [0, 0.05) is 6.54 Å². The van der Waals surface area contributed by atoms with E-state index in [4.69, 9.17) is 4.74 Å². The van der Waals surface area contributed by atoms with Crippen molar-refractivity contribution in [3.63, 3.8) is 0 Å². The van der Waals surface area contributed by atoms with E-state index in [0.717, 1.165) is 11.1 Å². The molecule has 0 spiro atoms. The lowest BCUT2D eigenvalue weighted by Crippen LogP contribution is -2.24. The largest absolute Gasteiger partial charge is 0.445 e. The van der Waals surface area contributed by atoms with Crippen molar-refractivity contribution in [2.24, 2.45) is 0 Å². The summed E-state index contributed by atoms with van der Waals surface area (Å²) in [7, 11) is 0. The summed E-state index contributed by atoms with van der Waals surface area (Å²) in [6.07, 6.45) is 2.97. The van der Waals surface area contributed by atoms with Crippen molar-refractivity contribution in [3.8, 4) is 5.75 Å². The molecule has 0 bridgehead atoms. The molecule has 0 fully saturated rings. The minimum absolute atomic E-state index is 0.102. The standard InChI is InChI=1S/C18H17F2NO3/c19-17(20)24-16-10-8-14(9-11-16)7-4-12-21-18(22)23-13-15-5-2-1-3-6-15/h1-11,17H,12-13H2,(H,21,22). The van der Waals surface area contributed by atoms with Crippen molar-refractivity contribution in [2.75, 3.05) is 6.54 Å². The third-order valence-electron chi connectivity index (χ3n) is 2.99. The molecular weight excluding hydrogens is 316 g/mol. The average Bonchev–Trinajstić information content (AvgIpc) is 2.59. The van der Waals surface area contributed by atoms with Crippen LogP contribution in [0.25, 0.3) is 6.08 Å². The number of amides is 1.